The van der Waals surface area contributed by atoms with Crippen LogP contribution in [0.25, 0.3) is 11.3 Å². The fraction of sp³-hybridized carbons (Fsp3) is 0.278. The molecule has 25 heavy (non-hydrogen) atoms. The summed E-state index contributed by atoms with van der Waals surface area (Å²) in [5.74, 6) is 0.267. The standard InChI is InChI=1S/C18H19N3OS3/c1-18(2,3)14-10-24-17(20-14)25-11-15(22)21-16-19-13(9-23-16)12-7-5-4-6-8-12/h4-10H,11H2,1-3H3,(H,19,21,22). The third-order valence-electron chi connectivity index (χ3n) is 3.40. The molecule has 2 aromatic heterocycles. The molecule has 2 heterocycles. The number of thioether (sulfide) groups is 1. The van der Waals surface area contributed by atoms with Crippen LogP contribution >= 0.6 is 34.4 Å². The summed E-state index contributed by atoms with van der Waals surface area (Å²) in [5.41, 5.74) is 3.02. The van der Waals surface area contributed by atoms with E-state index in [1.54, 1.807) is 11.3 Å². The van der Waals surface area contributed by atoms with Gasteiger partial charge in [0.15, 0.2) is 9.47 Å². The minimum atomic E-state index is -0.0635. The van der Waals surface area contributed by atoms with Crippen molar-refractivity contribution >= 4 is 45.5 Å². The summed E-state index contributed by atoms with van der Waals surface area (Å²) >= 11 is 4.48. The van der Waals surface area contributed by atoms with Gasteiger partial charge in [-0.15, -0.1) is 22.7 Å². The van der Waals surface area contributed by atoms with Crippen LogP contribution in [0, 0.1) is 0 Å². The number of carbonyl (C=O) groups excluding carboxylic acids is 1. The molecule has 0 radical (unpaired) electrons. The topological polar surface area (TPSA) is 54.9 Å². The Morgan fingerprint density at radius 3 is 2.56 bits per heavy atom. The zero-order valence-corrected chi connectivity index (χ0v) is 16.7. The SMILES string of the molecule is CC(C)(C)c1csc(SCC(=O)Nc2nc(-c3ccccc3)cs2)n1. The third kappa shape index (κ3) is 4.90. The van der Waals surface area contributed by atoms with Crippen LogP contribution in [0.15, 0.2) is 45.4 Å². The number of benzene rings is 1. The number of hydrogen-bond acceptors (Lipinski definition) is 6. The van der Waals surface area contributed by atoms with Gasteiger partial charge in [0.2, 0.25) is 5.91 Å². The largest absolute Gasteiger partial charge is 0.301 e. The summed E-state index contributed by atoms with van der Waals surface area (Å²) in [6.45, 7) is 6.40. The van der Waals surface area contributed by atoms with Crippen LogP contribution in [-0.2, 0) is 10.2 Å². The van der Waals surface area contributed by atoms with Crippen molar-refractivity contribution in [1.29, 1.82) is 0 Å². The Hall–Kier alpha value is -1.70. The van der Waals surface area contributed by atoms with E-state index < -0.39 is 0 Å². The molecule has 3 rings (SSSR count). The minimum absolute atomic E-state index is 0.0340. The van der Waals surface area contributed by atoms with Crippen molar-refractivity contribution in [1.82, 2.24) is 9.97 Å². The number of nitrogens with one attached hydrogen (secondary N) is 1. The zero-order valence-electron chi connectivity index (χ0n) is 14.3. The zero-order chi connectivity index (χ0) is 17.9. The van der Waals surface area contributed by atoms with Gasteiger partial charge in [-0.2, -0.15) is 0 Å². The molecule has 0 unspecified atom stereocenters. The lowest BCUT2D eigenvalue weighted by molar-refractivity contribution is -0.113. The van der Waals surface area contributed by atoms with Gasteiger partial charge in [0.05, 0.1) is 17.1 Å². The molecule has 7 heteroatoms. The van der Waals surface area contributed by atoms with Gasteiger partial charge in [-0.3, -0.25) is 4.79 Å². The Morgan fingerprint density at radius 2 is 1.88 bits per heavy atom. The Morgan fingerprint density at radius 1 is 1.12 bits per heavy atom. The molecule has 0 aliphatic heterocycles. The summed E-state index contributed by atoms with van der Waals surface area (Å²) in [7, 11) is 0. The van der Waals surface area contributed by atoms with Crippen molar-refractivity contribution in [2.45, 2.75) is 30.5 Å². The Kier molecular flexibility index (Phi) is 5.56. The monoisotopic (exact) mass is 389 g/mol. The first-order valence-electron chi connectivity index (χ1n) is 7.81. The Balaban J connectivity index is 1.55. The van der Waals surface area contributed by atoms with Crippen LogP contribution in [0.5, 0.6) is 0 Å². The number of carbonyl (C=O) groups is 1. The maximum absolute atomic E-state index is 12.1. The molecule has 1 amide bonds. The molecule has 0 bridgehead atoms. The highest BCUT2D eigenvalue weighted by molar-refractivity contribution is 8.01. The van der Waals surface area contributed by atoms with Crippen LogP contribution in [0.1, 0.15) is 26.5 Å². The molecule has 0 fully saturated rings. The summed E-state index contributed by atoms with van der Waals surface area (Å²) in [6.07, 6.45) is 0. The van der Waals surface area contributed by atoms with E-state index in [4.69, 9.17) is 0 Å². The highest BCUT2D eigenvalue weighted by Crippen LogP contribution is 2.29. The maximum atomic E-state index is 12.1. The smallest absolute Gasteiger partial charge is 0.236 e. The van der Waals surface area contributed by atoms with E-state index in [-0.39, 0.29) is 11.3 Å². The summed E-state index contributed by atoms with van der Waals surface area (Å²) < 4.78 is 0.921. The van der Waals surface area contributed by atoms with E-state index in [9.17, 15) is 4.79 Å². The van der Waals surface area contributed by atoms with E-state index in [2.05, 4.69) is 41.4 Å². The van der Waals surface area contributed by atoms with Gasteiger partial charge in [-0.05, 0) is 0 Å². The lowest BCUT2D eigenvalue weighted by Crippen LogP contribution is -2.14. The first-order valence-corrected chi connectivity index (χ1v) is 10.6. The number of aromatic nitrogens is 2. The second-order valence-corrected chi connectivity index (χ2v) is 9.43. The molecular formula is C18H19N3OS3. The summed E-state index contributed by atoms with van der Waals surface area (Å²) in [4.78, 5) is 21.2. The van der Waals surface area contributed by atoms with E-state index in [0.29, 0.717) is 10.9 Å². The molecular weight excluding hydrogens is 370 g/mol. The average molecular weight is 390 g/mol. The molecule has 0 aliphatic carbocycles. The van der Waals surface area contributed by atoms with Crippen LogP contribution in [0.2, 0.25) is 0 Å². The highest BCUT2D eigenvalue weighted by Gasteiger charge is 2.18. The van der Waals surface area contributed by atoms with Crippen molar-refractivity contribution in [2.75, 3.05) is 11.1 Å². The van der Waals surface area contributed by atoms with Crippen molar-refractivity contribution in [3.63, 3.8) is 0 Å². The second kappa shape index (κ2) is 7.68. The quantitative estimate of drug-likeness (QED) is 0.602. The van der Waals surface area contributed by atoms with Crippen molar-refractivity contribution in [2.24, 2.45) is 0 Å². The first-order chi connectivity index (χ1) is 11.9. The number of nitrogens with zero attached hydrogens (tertiary/aromatic N) is 2. The van der Waals surface area contributed by atoms with E-state index in [1.807, 2.05) is 35.7 Å². The fourth-order valence-corrected chi connectivity index (χ4v) is 4.61. The molecule has 0 aliphatic rings. The Bertz CT molecular complexity index is 850. The highest BCUT2D eigenvalue weighted by atomic mass is 32.2. The molecule has 0 saturated heterocycles. The molecule has 130 valence electrons. The summed E-state index contributed by atoms with van der Waals surface area (Å²) in [5, 5.41) is 7.50. The molecule has 0 spiro atoms. The lowest BCUT2D eigenvalue weighted by Gasteiger charge is -2.14. The molecule has 1 aromatic carbocycles. The second-order valence-electron chi connectivity index (χ2n) is 6.49. The molecule has 3 aromatic rings. The van der Waals surface area contributed by atoms with Crippen molar-refractivity contribution in [3.05, 3.63) is 46.8 Å². The third-order valence-corrected chi connectivity index (χ3v) is 6.18. The number of rotatable bonds is 5. The number of anilines is 1. The number of thiazole rings is 2. The molecule has 0 saturated carbocycles. The van der Waals surface area contributed by atoms with Crippen molar-refractivity contribution in [3.8, 4) is 11.3 Å². The van der Waals surface area contributed by atoms with Gasteiger partial charge in [-0.25, -0.2) is 9.97 Å². The van der Waals surface area contributed by atoms with E-state index in [1.165, 1.54) is 23.1 Å². The lowest BCUT2D eigenvalue weighted by atomic mass is 9.93. The van der Waals surface area contributed by atoms with Crippen LogP contribution in [0.4, 0.5) is 5.13 Å². The van der Waals surface area contributed by atoms with Gasteiger partial charge in [-0.1, -0.05) is 62.9 Å². The predicted molar refractivity (Wildman–Crippen MR) is 108 cm³/mol. The van der Waals surface area contributed by atoms with Crippen molar-refractivity contribution < 1.29 is 4.79 Å². The normalized spacial score (nSPS) is 11.5. The predicted octanol–water partition coefficient (Wildman–Crippen LogP) is 5.29. The average Bonchev–Trinajstić information content (AvgIpc) is 3.23. The van der Waals surface area contributed by atoms with Gasteiger partial charge in [0.25, 0.3) is 0 Å². The fourth-order valence-electron chi connectivity index (χ4n) is 2.02. The van der Waals surface area contributed by atoms with Crippen LogP contribution in [-0.4, -0.2) is 21.6 Å². The Labute approximate surface area is 159 Å². The first kappa shape index (κ1) is 18.1. The van der Waals surface area contributed by atoms with Gasteiger partial charge < -0.3 is 5.32 Å². The van der Waals surface area contributed by atoms with E-state index in [0.717, 1.165) is 21.3 Å². The van der Waals surface area contributed by atoms with Crippen LogP contribution < -0.4 is 5.32 Å². The van der Waals surface area contributed by atoms with Gasteiger partial charge in [0, 0.05) is 21.7 Å². The van der Waals surface area contributed by atoms with Crippen LogP contribution in [0.3, 0.4) is 0 Å². The van der Waals surface area contributed by atoms with Gasteiger partial charge >= 0.3 is 0 Å². The molecule has 1 N–H and O–H groups in total. The van der Waals surface area contributed by atoms with Gasteiger partial charge in [0.1, 0.15) is 0 Å². The number of hydrogen-bond donors (Lipinski definition) is 1. The molecule has 0 atom stereocenters. The maximum Gasteiger partial charge on any atom is 0.236 e. The minimum Gasteiger partial charge on any atom is -0.301 e. The number of amides is 1. The molecule has 4 nitrogen and oxygen atoms in total. The summed E-state index contributed by atoms with van der Waals surface area (Å²) in [6, 6.07) is 9.93. The van der Waals surface area contributed by atoms with E-state index >= 15 is 0 Å².